The van der Waals surface area contributed by atoms with Crippen molar-refractivity contribution in [3.05, 3.63) is 70.0 Å². The number of halogens is 3. The number of rotatable bonds is 4. The Labute approximate surface area is 194 Å². The van der Waals surface area contributed by atoms with E-state index in [1.165, 1.54) is 24.1 Å². The third-order valence-corrected chi connectivity index (χ3v) is 6.32. The number of carbonyl (C=O) groups excluding carboxylic acids is 1. The van der Waals surface area contributed by atoms with Crippen molar-refractivity contribution in [3.63, 3.8) is 0 Å². The summed E-state index contributed by atoms with van der Waals surface area (Å²) in [6.07, 6.45) is -3.73. The summed E-state index contributed by atoms with van der Waals surface area (Å²) in [5, 5.41) is 10.6. The molecule has 2 aromatic carbocycles. The summed E-state index contributed by atoms with van der Waals surface area (Å²) in [7, 11) is 1.43. The molecule has 1 saturated heterocycles. The summed E-state index contributed by atoms with van der Waals surface area (Å²) in [4.78, 5) is 29.2. The minimum atomic E-state index is -4.51. The summed E-state index contributed by atoms with van der Waals surface area (Å²) in [6, 6.07) is 11.2. The highest BCUT2D eigenvalue weighted by Gasteiger charge is 2.31. The third-order valence-electron chi connectivity index (χ3n) is 6.32. The Morgan fingerprint density at radius 3 is 2.47 bits per heavy atom. The van der Waals surface area contributed by atoms with Crippen LogP contribution in [0.4, 0.5) is 24.5 Å². The van der Waals surface area contributed by atoms with E-state index in [0.717, 1.165) is 12.1 Å². The number of aromatic nitrogens is 1. The summed E-state index contributed by atoms with van der Waals surface area (Å²) in [5.74, 6) is -0.463. The van der Waals surface area contributed by atoms with Gasteiger partial charge >= 0.3 is 6.18 Å². The van der Waals surface area contributed by atoms with Crippen LogP contribution < -0.4 is 15.4 Å². The van der Waals surface area contributed by atoms with Gasteiger partial charge < -0.3 is 19.5 Å². The molecule has 1 aliphatic heterocycles. The minimum Gasteiger partial charge on any atom is -0.393 e. The van der Waals surface area contributed by atoms with Crippen molar-refractivity contribution < 1.29 is 23.1 Å². The first-order valence-electron chi connectivity index (χ1n) is 11.2. The maximum atomic E-state index is 13.2. The van der Waals surface area contributed by atoms with E-state index in [2.05, 4.69) is 0 Å². The zero-order valence-corrected chi connectivity index (χ0v) is 19.0. The SMILES string of the molecule is CCn1c(=O)cc(N2CCC(O)CC2)c2cc(C(=O)N(C)c3cccc(C(F)(F)F)c3)ccc21. The van der Waals surface area contributed by atoms with E-state index >= 15 is 0 Å². The molecule has 0 atom stereocenters. The number of aliphatic hydroxyl groups is 1. The quantitative estimate of drug-likeness (QED) is 0.615. The van der Waals surface area contributed by atoms with Gasteiger partial charge in [0.25, 0.3) is 11.5 Å². The summed E-state index contributed by atoms with van der Waals surface area (Å²) in [5.41, 5.74) is 0.805. The standard InChI is InChI=1S/C25H26F3N3O3/c1-3-31-21-8-7-16(24(34)29(2)18-6-4-5-17(14-18)25(26,27)28)13-20(21)22(15-23(31)33)30-11-9-19(32)10-12-30/h4-8,13-15,19,32H,3,9-12H2,1-2H3. The topological polar surface area (TPSA) is 65.8 Å². The van der Waals surface area contributed by atoms with Gasteiger partial charge in [-0.2, -0.15) is 13.2 Å². The molecular formula is C25H26F3N3O3. The monoisotopic (exact) mass is 473 g/mol. The normalized spacial score (nSPS) is 15.1. The smallest absolute Gasteiger partial charge is 0.393 e. The second-order valence-electron chi connectivity index (χ2n) is 8.47. The molecule has 0 saturated carbocycles. The predicted octanol–water partition coefficient (Wildman–Crippen LogP) is 4.28. The minimum absolute atomic E-state index is 0.128. The number of nitrogens with zero attached hydrogens (tertiary/aromatic N) is 3. The number of hydrogen-bond acceptors (Lipinski definition) is 4. The van der Waals surface area contributed by atoms with E-state index in [1.54, 1.807) is 28.8 Å². The summed E-state index contributed by atoms with van der Waals surface area (Å²) in [6.45, 7) is 3.46. The number of alkyl halides is 3. The first-order valence-corrected chi connectivity index (χ1v) is 11.2. The Kier molecular flexibility index (Phi) is 6.40. The first-order chi connectivity index (χ1) is 16.1. The molecule has 6 nitrogen and oxygen atoms in total. The number of piperidine rings is 1. The maximum absolute atomic E-state index is 13.2. The molecule has 1 aromatic heterocycles. The number of carbonyl (C=O) groups is 1. The largest absolute Gasteiger partial charge is 0.416 e. The highest BCUT2D eigenvalue weighted by molar-refractivity contribution is 6.08. The third kappa shape index (κ3) is 4.52. The van der Waals surface area contributed by atoms with Gasteiger partial charge in [0.15, 0.2) is 0 Å². The molecular weight excluding hydrogens is 447 g/mol. The Balaban J connectivity index is 1.76. The van der Waals surface area contributed by atoms with Gasteiger partial charge in [-0.05, 0) is 56.2 Å². The molecule has 0 bridgehead atoms. The van der Waals surface area contributed by atoms with Gasteiger partial charge in [0, 0.05) is 49.4 Å². The van der Waals surface area contributed by atoms with E-state index in [9.17, 15) is 27.9 Å². The highest BCUT2D eigenvalue weighted by Crippen LogP contribution is 2.33. The highest BCUT2D eigenvalue weighted by atomic mass is 19.4. The molecule has 0 unspecified atom stereocenters. The lowest BCUT2D eigenvalue weighted by Gasteiger charge is -2.32. The Hall–Kier alpha value is -3.33. The van der Waals surface area contributed by atoms with Crippen LogP contribution in [-0.2, 0) is 12.7 Å². The Morgan fingerprint density at radius 2 is 1.82 bits per heavy atom. The number of fused-ring (bicyclic) bond motifs is 1. The second-order valence-corrected chi connectivity index (χ2v) is 8.47. The van der Waals surface area contributed by atoms with Crippen molar-refractivity contribution in [2.24, 2.45) is 0 Å². The van der Waals surface area contributed by atoms with Crippen LogP contribution in [0.15, 0.2) is 53.3 Å². The molecule has 9 heteroatoms. The van der Waals surface area contributed by atoms with Crippen molar-refractivity contribution in [2.75, 3.05) is 29.9 Å². The molecule has 34 heavy (non-hydrogen) atoms. The number of amides is 1. The molecule has 1 aliphatic rings. The molecule has 4 rings (SSSR count). The second kappa shape index (κ2) is 9.13. The van der Waals surface area contributed by atoms with Gasteiger partial charge in [0.1, 0.15) is 0 Å². The van der Waals surface area contributed by atoms with Crippen molar-refractivity contribution in [1.29, 1.82) is 0 Å². The molecule has 0 spiro atoms. The molecule has 1 N–H and O–H groups in total. The number of pyridine rings is 1. The fourth-order valence-electron chi connectivity index (χ4n) is 4.40. The lowest BCUT2D eigenvalue weighted by atomic mass is 10.0. The fraction of sp³-hybridized carbons (Fsp3) is 0.360. The van der Waals surface area contributed by atoms with E-state index in [-0.39, 0.29) is 17.4 Å². The molecule has 0 radical (unpaired) electrons. The fourth-order valence-corrected chi connectivity index (χ4v) is 4.40. The first kappa shape index (κ1) is 23.8. The number of hydrogen-bond donors (Lipinski definition) is 1. The van der Waals surface area contributed by atoms with Crippen LogP contribution in [-0.4, -0.2) is 41.8 Å². The van der Waals surface area contributed by atoms with Crippen LogP contribution in [0.2, 0.25) is 0 Å². The van der Waals surface area contributed by atoms with E-state index in [4.69, 9.17) is 0 Å². The predicted molar refractivity (Wildman–Crippen MR) is 126 cm³/mol. The summed E-state index contributed by atoms with van der Waals surface area (Å²) >= 11 is 0. The molecule has 180 valence electrons. The zero-order chi connectivity index (χ0) is 24.6. The average molecular weight is 473 g/mol. The van der Waals surface area contributed by atoms with Crippen molar-refractivity contribution in [1.82, 2.24) is 4.57 Å². The zero-order valence-electron chi connectivity index (χ0n) is 19.0. The van der Waals surface area contributed by atoms with Gasteiger partial charge in [-0.15, -0.1) is 0 Å². The molecule has 0 aliphatic carbocycles. The van der Waals surface area contributed by atoms with Crippen LogP contribution >= 0.6 is 0 Å². The van der Waals surface area contributed by atoms with Crippen LogP contribution in [0.25, 0.3) is 10.9 Å². The Morgan fingerprint density at radius 1 is 1.12 bits per heavy atom. The molecule has 2 heterocycles. The number of benzene rings is 2. The van der Waals surface area contributed by atoms with Gasteiger partial charge in [-0.1, -0.05) is 6.07 Å². The maximum Gasteiger partial charge on any atom is 0.416 e. The van der Waals surface area contributed by atoms with Gasteiger partial charge in [-0.3, -0.25) is 9.59 Å². The van der Waals surface area contributed by atoms with E-state index in [1.807, 2.05) is 11.8 Å². The molecule has 1 amide bonds. The average Bonchev–Trinajstić information content (AvgIpc) is 2.82. The van der Waals surface area contributed by atoms with Gasteiger partial charge in [-0.25, -0.2) is 0 Å². The van der Waals surface area contributed by atoms with Crippen LogP contribution in [0, 0.1) is 0 Å². The molecule has 1 fully saturated rings. The lowest BCUT2D eigenvalue weighted by molar-refractivity contribution is -0.137. The van der Waals surface area contributed by atoms with Crippen molar-refractivity contribution >= 4 is 28.2 Å². The van der Waals surface area contributed by atoms with Crippen molar-refractivity contribution in [3.8, 4) is 0 Å². The van der Waals surface area contributed by atoms with Gasteiger partial charge in [0.05, 0.1) is 22.9 Å². The summed E-state index contributed by atoms with van der Waals surface area (Å²) < 4.78 is 41.0. The van der Waals surface area contributed by atoms with E-state index < -0.39 is 17.6 Å². The number of aliphatic hydroxyl groups excluding tert-OH is 1. The van der Waals surface area contributed by atoms with Crippen molar-refractivity contribution in [2.45, 2.75) is 38.6 Å². The Bertz CT molecular complexity index is 1280. The molecule has 3 aromatic rings. The van der Waals surface area contributed by atoms with Gasteiger partial charge in [0.2, 0.25) is 0 Å². The van der Waals surface area contributed by atoms with Crippen LogP contribution in [0.3, 0.4) is 0 Å². The van der Waals surface area contributed by atoms with Crippen LogP contribution in [0.1, 0.15) is 35.7 Å². The van der Waals surface area contributed by atoms with Crippen LogP contribution in [0.5, 0.6) is 0 Å². The van der Waals surface area contributed by atoms with E-state index in [0.29, 0.717) is 54.6 Å². The number of anilines is 2. The lowest BCUT2D eigenvalue weighted by Crippen LogP contribution is -2.37. The number of aryl methyl sites for hydroxylation is 1.